The maximum atomic E-state index is 11.0. The van der Waals surface area contributed by atoms with E-state index in [1.54, 1.807) is 30.3 Å². The molecule has 0 aliphatic heterocycles. The highest BCUT2D eigenvalue weighted by atomic mass is 31.1. The predicted octanol–water partition coefficient (Wildman–Crippen LogP) is 4.63. The van der Waals surface area contributed by atoms with E-state index in [-0.39, 0.29) is 12.0 Å². The number of aromatic nitrogens is 2. The summed E-state index contributed by atoms with van der Waals surface area (Å²) in [7, 11) is -2.74. The second kappa shape index (κ2) is 8.07. The first-order chi connectivity index (χ1) is 14.5. The number of nitriles is 1. The molecule has 2 aromatic carbocycles. The smallest absolute Gasteiger partial charge is 0.490 e. The summed E-state index contributed by atoms with van der Waals surface area (Å²) in [5, 5.41) is 13.5. The highest BCUT2D eigenvalue weighted by Crippen LogP contribution is 2.39. The third-order valence-electron chi connectivity index (χ3n) is 4.49. The number of hydrogen-bond donors (Lipinski definition) is 1. The third-order valence-corrected chi connectivity index (χ3v) is 4.84. The maximum Gasteiger partial charge on any atom is 0.747 e. The van der Waals surface area contributed by atoms with Crippen LogP contribution in [-0.2, 0) is 15.5 Å². The molecule has 0 saturated carbocycles. The van der Waals surface area contributed by atoms with E-state index in [0.29, 0.717) is 34.9 Å². The molecule has 3 aromatic rings. The zero-order chi connectivity index (χ0) is 21.3. The lowest BCUT2D eigenvalue weighted by Crippen LogP contribution is -2.06. The van der Waals surface area contributed by atoms with Crippen LogP contribution >= 0.6 is 8.25 Å². The number of rotatable bonds is 6. The minimum Gasteiger partial charge on any atom is -0.490 e. The van der Waals surface area contributed by atoms with E-state index in [4.69, 9.17) is 18.7 Å². The first kappa shape index (κ1) is 19.8. The molecule has 0 amide bonds. The molecule has 1 unspecified atom stereocenters. The molecule has 1 atom stereocenters. The molecule has 0 bridgehead atoms. The Balaban J connectivity index is 1.66. The van der Waals surface area contributed by atoms with Gasteiger partial charge in [0, 0.05) is 21.3 Å². The highest BCUT2D eigenvalue weighted by Gasteiger charge is 2.27. The molecule has 150 valence electrons. The average Bonchev–Trinajstić information content (AvgIpc) is 3.35. The van der Waals surface area contributed by atoms with Crippen molar-refractivity contribution in [3.05, 3.63) is 59.2 Å². The summed E-state index contributed by atoms with van der Waals surface area (Å²) < 4.78 is 27.1. The topological polar surface area (TPSA) is 118 Å². The largest absolute Gasteiger partial charge is 0.747 e. The number of nitrogens with zero attached hydrogens (tertiary/aromatic N) is 3. The lowest BCUT2D eigenvalue weighted by Gasteiger charge is -2.11. The SMILES string of the molecule is CC(C)Oc1ccc(-c2nc(-c3cccc4c3CC=C4O[P+](=O)O)no2)cc1C#N. The van der Waals surface area contributed by atoms with Crippen molar-refractivity contribution in [2.45, 2.75) is 26.4 Å². The molecule has 30 heavy (non-hydrogen) atoms. The lowest BCUT2D eigenvalue weighted by molar-refractivity contribution is 0.241. The number of ether oxygens (including phenoxy) is 1. The van der Waals surface area contributed by atoms with Crippen LogP contribution in [0.4, 0.5) is 0 Å². The molecular formula is C21H17N3O5P+. The molecule has 1 heterocycles. The summed E-state index contributed by atoms with van der Waals surface area (Å²) in [4.78, 5) is 13.5. The fourth-order valence-electron chi connectivity index (χ4n) is 3.28. The predicted molar refractivity (Wildman–Crippen MR) is 108 cm³/mol. The van der Waals surface area contributed by atoms with Crippen molar-refractivity contribution >= 4 is 14.0 Å². The number of hydrogen-bond acceptors (Lipinski definition) is 7. The van der Waals surface area contributed by atoms with Crippen molar-refractivity contribution in [1.29, 1.82) is 5.26 Å². The summed E-state index contributed by atoms with van der Waals surface area (Å²) in [6.45, 7) is 3.78. The molecule has 0 fully saturated rings. The van der Waals surface area contributed by atoms with Crippen LogP contribution in [0.2, 0.25) is 0 Å². The molecule has 8 nitrogen and oxygen atoms in total. The van der Waals surface area contributed by atoms with Gasteiger partial charge in [0.05, 0.1) is 11.7 Å². The Kier molecular flexibility index (Phi) is 5.32. The Morgan fingerprint density at radius 3 is 2.80 bits per heavy atom. The van der Waals surface area contributed by atoms with Crippen LogP contribution in [0.15, 0.2) is 47.0 Å². The molecular weight excluding hydrogens is 405 g/mol. The summed E-state index contributed by atoms with van der Waals surface area (Å²) >= 11 is 0. The molecule has 0 radical (unpaired) electrons. The fraction of sp³-hybridized carbons (Fsp3) is 0.190. The van der Waals surface area contributed by atoms with Gasteiger partial charge in [0.25, 0.3) is 5.89 Å². The normalized spacial score (nSPS) is 12.9. The number of fused-ring (bicyclic) bond motifs is 1. The van der Waals surface area contributed by atoms with Gasteiger partial charge in [-0.25, -0.2) is 4.52 Å². The van der Waals surface area contributed by atoms with Crippen LogP contribution in [-0.4, -0.2) is 21.1 Å². The van der Waals surface area contributed by atoms with Gasteiger partial charge in [0.2, 0.25) is 5.82 Å². The van der Waals surface area contributed by atoms with E-state index < -0.39 is 8.25 Å². The van der Waals surface area contributed by atoms with Crippen LogP contribution < -0.4 is 4.74 Å². The van der Waals surface area contributed by atoms with E-state index in [1.165, 1.54) is 0 Å². The van der Waals surface area contributed by atoms with Gasteiger partial charge in [-0.2, -0.15) is 10.2 Å². The second-order valence-electron chi connectivity index (χ2n) is 6.85. The van der Waals surface area contributed by atoms with Gasteiger partial charge < -0.3 is 9.26 Å². The molecule has 1 aliphatic rings. The highest BCUT2D eigenvalue weighted by molar-refractivity contribution is 7.32. The molecule has 0 saturated heterocycles. The van der Waals surface area contributed by atoms with Crippen LogP contribution in [0.3, 0.4) is 0 Å². The van der Waals surface area contributed by atoms with Crippen molar-refractivity contribution in [3.8, 4) is 34.7 Å². The summed E-state index contributed by atoms with van der Waals surface area (Å²) in [5.41, 5.74) is 3.33. The van der Waals surface area contributed by atoms with Crippen molar-refractivity contribution in [2.24, 2.45) is 0 Å². The quantitative estimate of drug-likeness (QED) is 0.572. The van der Waals surface area contributed by atoms with E-state index in [1.807, 2.05) is 26.0 Å². The summed E-state index contributed by atoms with van der Waals surface area (Å²) in [6.07, 6.45) is 2.21. The van der Waals surface area contributed by atoms with Crippen LogP contribution in [0, 0.1) is 11.3 Å². The Bertz CT molecular complexity index is 1210. The Hall–Kier alpha value is -3.53. The number of benzene rings is 2. The Labute approximate surface area is 173 Å². The second-order valence-corrected chi connectivity index (χ2v) is 7.50. The standard InChI is InChI=1S/C21H16N3O5P/c1-12(2)27-18-8-6-13(10-14(18)11-22)21-23-20(24-28-21)17-5-3-4-16-15(17)7-9-19(16)29-30(25)26/h3-6,8-10,12H,7H2,1-2H3/p+1. The van der Waals surface area contributed by atoms with Gasteiger partial charge in [-0.15, -0.1) is 4.89 Å². The first-order valence-corrected chi connectivity index (χ1v) is 10.3. The van der Waals surface area contributed by atoms with E-state index in [9.17, 15) is 9.83 Å². The van der Waals surface area contributed by atoms with Crippen LogP contribution in [0.25, 0.3) is 28.6 Å². The zero-order valence-electron chi connectivity index (χ0n) is 16.2. The number of allylic oxidation sites excluding steroid dienone is 1. The van der Waals surface area contributed by atoms with Gasteiger partial charge in [0.1, 0.15) is 11.8 Å². The molecule has 1 N–H and O–H groups in total. The molecule has 1 aromatic heterocycles. The van der Waals surface area contributed by atoms with E-state index in [2.05, 4.69) is 16.2 Å². The van der Waals surface area contributed by atoms with Crippen molar-refractivity contribution in [1.82, 2.24) is 10.1 Å². The summed E-state index contributed by atoms with van der Waals surface area (Å²) in [6, 6.07) is 12.7. The lowest BCUT2D eigenvalue weighted by atomic mass is 10.0. The van der Waals surface area contributed by atoms with Gasteiger partial charge >= 0.3 is 8.25 Å². The van der Waals surface area contributed by atoms with Gasteiger partial charge in [0.15, 0.2) is 5.76 Å². The van der Waals surface area contributed by atoms with E-state index >= 15 is 0 Å². The van der Waals surface area contributed by atoms with Crippen molar-refractivity contribution in [3.63, 3.8) is 0 Å². The molecule has 0 spiro atoms. The van der Waals surface area contributed by atoms with Crippen molar-refractivity contribution < 1.29 is 23.2 Å². The van der Waals surface area contributed by atoms with Crippen LogP contribution in [0.1, 0.15) is 30.5 Å². The summed E-state index contributed by atoms with van der Waals surface area (Å²) in [5.74, 6) is 1.51. The average molecular weight is 422 g/mol. The van der Waals surface area contributed by atoms with E-state index in [0.717, 1.165) is 16.7 Å². The van der Waals surface area contributed by atoms with Gasteiger partial charge in [-0.05, 0) is 50.1 Å². The molecule has 1 aliphatic carbocycles. The monoisotopic (exact) mass is 422 g/mol. The van der Waals surface area contributed by atoms with Crippen LogP contribution in [0.5, 0.6) is 5.75 Å². The Morgan fingerprint density at radius 2 is 2.07 bits per heavy atom. The fourth-order valence-corrected chi connectivity index (χ4v) is 3.62. The molecule has 4 rings (SSSR count). The zero-order valence-corrected chi connectivity index (χ0v) is 17.1. The van der Waals surface area contributed by atoms with Gasteiger partial charge in [-0.1, -0.05) is 23.4 Å². The van der Waals surface area contributed by atoms with Crippen molar-refractivity contribution in [2.75, 3.05) is 0 Å². The maximum absolute atomic E-state index is 11.0. The first-order valence-electron chi connectivity index (χ1n) is 9.18. The minimum absolute atomic E-state index is 0.0513. The van der Waals surface area contributed by atoms with Gasteiger partial charge in [-0.3, -0.25) is 0 Å². The minimum atomic E-state index is -2.74. The molecule has 9 heteroatoms. The third kappa shape index (κ3) is 3.81. The Morgan fingerprint density at radius 1 is 1.27 bits per heavy atom.